The average Bonchev–Trinajstić information content (AvgIpc) is 2.93. The third-order valence-corrected chi connectivity index (χ3v) is 3.65. The van der Waals surface area contributed by atoms with E-state index in [1.54, 1.807) is 4.68 Å². The van der Waals surface area contributed by atoms with Crippen LogP contribution in [0, 0.1) is 6.92 Å². The molecular formula is C17H24N4O. The van der Waals surface area contributed by atoms with Gasteiger partial charge in [-0.3, -0.25) is 4.79 Å². The lowest BCUT2D eigenvalue weighted by Crippen LogP contribution is -2.25. The fourth-order valence-electron chi connectivity index (χ4n) is 2.29. The molecule has 0 aliphatic heterocycles. The van der Waals surface area contributed by atoms with Crippen LogP contribution in [0.2, 0.25) is 0 Å². The van der Waals surface area contributed by atoms with Gasteiger partial charge in [-0.25, -0.2) is 4.68 Å². The quantitative estimate of drug-likeness (QED) is 0.855. The number of carbonyl (C=O) groups excluding carboxylic acids is 1. The molecule has 0 aliphatic carbocycles. The van der Waals surface area contributed by atoms with Crippen molar-refractivity contribution in [2.45, 2.75) is 46.5 Å². The first-order valence-electron chi connectivity index (χ1n) is 7.97. The fraction of sp³-hybridized carbons (Fsp3) is 0.471. The highest BCUT2D eigenvalue weighted by atomic mass is 16.2. The number of nitrogens with zero attached hydrogens (tertiary/aromatic N) is 3. The largest absolute Gasteiger partial charge is 0.351 e. The van der Waals surface area contributed by atoms with Crippen LogP contribution < -0.4 is 5.32 Å². The molecule has 2 rings (SSSR count). The van der Waals surface area contributed by atoms with Crippen LogP contribution in [0.1, 0.15) is 54.9 Å². The summed E-state index contributed by atoms with van der Waals surface area (Å²) in [5.74, 6) is -0.162. The van der Waals surface area contributed by atoms with Gasteiger partial charge in [-0.15, -0.1) is 5.10 Å². The number of nitrogens with one attached hydrogen (secondary N) is 1. The second-order valence-corrected chi connectivity index (χ2v) is 5.46. The van der Waals surface area contributed by atoms with Gasteiger partial charge in [0.05, 0.1) is 11.4 Å². The van der Waals surface area contributed by atoms with Crippen LogP contribution in [0.15, 0.2) is 24.3 Å². The molecule has 0 spiro atoms. The van der Waals surface area contributed by atoms with Crippen molar-refractivity contribution in [3.63, 3.8) is 0 Å². The molecule has 1 aromatic carbocycles. The van der Waals surface area contributed by atoms with Gasteiger partial charge in [0.15, 0.2) is 5.69 Å². The molecule has 0 atom stereocenters. The number of rotatable bonds is 7. The first-order chi connectivity index (χ1) is 10.7. The predicted molar refractivity (Wildman–Crippen MR) is 87.3 cm³/mol. The van der Waals surface area contributed by atoms with E-state index in [2.05, 4.69) is 34.7 Å². The minimum atomic E-state index is -0.162. The van der Waals surface area contributed by atoms with E-state index in [0.29, 0.717) is 12.2 Å². The summed E-state index contributed by atoms with van der Waals surface area (Å²) in [6.45, 7) is 6.73. The van der Waals surface area contributed by atoms with E-state index in [-0.39, 0.29) is 5.91 Å². The lowest BCUT2D eigenvalue weighted by atomic mass is 10.1. The molecule has 2 aromatic rings. The molecule has 22 heavy (non-hydrogen) atoms. The SMILES string of the molecule is CCCCc1ccc(-n2nnc(C(=O)NCCC)c2C)cc1. The van der Waals surface area contributed by atoms with E-state index < -0.39 is 0 Å². The highest BCUT2D eigenvalue weighted by Gasteiger charge is 2.16. The number of aryl methyl sites for hydroxylation is 1. The standard InChI is InChI=1S/C17H24N4O/c1-4-6-7-14-8-10-15(11-9-14)21-13(3)16(19-20-21)17(22)18-12-5-2/h8-11H,4-7,12H2,1-3H3,(H,18,22). The normalized spacial score (nSPS) is 10.7. The van der Waals surface area contributed by atoms with Crippen LogP contribution in [0.25, 0.3) is 5.69 Å². The monoisotopic (exact) mass is 300 g/mol. The maximum Gasteiger partial charge on any atom is 0.273 e. The summed E-state index contributed by atoms with van der Waals surface area (Å²) < 4.78 is 1.71. The number of carbonyl (C=O) groups is 1. The molecule has 0 bridgehead atoms. The topological polar surface area (TPSA) is 59.8 Å². The van der Waals surface area contributed by atoms with Crippen LogP contribution in [0.4, 0.5) is 0 Å². The molecule has 0 saturated heterocycles. The van der Waals surface area contributed by atoms with Crippen LogP contribution in [0.5, 0.6) is 0 Å². The van der Waals surface area contributed by atoms with Crippen molar-refractivity contribution in [3.05, 3.63) is 41.2 Å². The van der Waals surface area contributed by atoms with E-state index in [1.165, 1.54) is 18.4 Å². The Labute approximate surface area is 131 Å². The van der Waals surface area contributed by atoms with Crippen molar-refractivity contribution < 1.29 is 4.79 Å². The molecule has 0 unspecified atom stereocenters. The molecule has 0 saturated carbocycles. The third-order valence-electron chi connectivity index (χ3n) is 3.65. The Kier molecular flexibility index (Phi) is 5.69. The van der Waals surface area contributed by atoms with Crippen molar-refractivity contribution in [2.75, 3.05) is 6.54 Å². The van der Waals surface area contributed by atoms with Crippen molar-refractivity contribution in [1.29, 1.82) is 0 Å². The van der Waals surface area contributed by atoms with Gasteiger partial charge < -0.3 is 5.32 Å². The summed E-state index contributed by atoms with van der Waals surface area (Å²) in [5.41, 5.74) is 3.41. The zero-order valence-corrected chi connectivity index (χ0v) is 13.6. The van der Waals surface area contributed by atoms with Gasteiger partial charge in [0.2, 0.25) is 0 Å². The summed E-state index contributed by atoms with van der Waals surface area (Å²) in [4.78, 5) is 12.0. The van der Waals surface area contributed by atoms with Crippen molar-refractivity contribution in [3.8, 4) is 5.69 Å². The molecule has 1 N–H and O–H groups in total. The Bertz CT molecular complexity index is 616. The first-order valence-corrected chi connectivity index (χ1v) is 7.97. The molecule has 118 valence electrons. The predicted octanol–water partition coefficient (Wildman–Crippen LogP) is 3.06. The number of unbranched alkanes of at least 4 members (excludes halogenated alkanes) is 1. The summed E-state index contributed by atoms with van der Waals surface area (Å²) in [6, 6.07) is 8.28. The Morgan fingerprint density at radius 3 is 2.55 bits per heavy atom. The van der Waals surface area contributed by atoms with Crippen molar-refractivity contribution in [1.82, 2.24) is 20.3 Å². The second-order valence-electron chi connectivity index (χ2n) is 5.46. The van der Waals surface area contributed by atoms with E-state index in [0.717, 1.165) is 24.2 Å². The van der Waals surface area contributed by atoms with Crippen LogP contribution in [-0.4, -0.2) is 27.4 Å². The Morgan fingerprint density at radius 2 is 1.91 bits per heavy atom. The number of hydrogen-bond acceptors (Lipinski definition) is 3. The number of hydrogen-bond donors (Lipinski definition) is 1. The smallest absolute Gasteiger partial charge is 0.273 e. The average molecular weight is 300 g/mol. The lowest BCUT2D eigenvalue weighted by Gasteiger charge is -2.06. The summed E-state index contributed by atoms with van der Waals surface area (Å²) in [7, 11) is 0. The summed E-state index contributed by atoms with van der Waals surface area (Å²) in [5, 5.41) is 11.0. The van der Waals surface area contributed by atoms with Gasteiger partial charge in [0.25, 0.3) is 5.91 Å². The highest BCUT2D eigenvalue weighted by molar-refractivity contribution is 5.93. The molecule has 5 heteroatoms. The zero-order chi connectivity index (χ0) is 15.9. The minimum absolute atomic E-state index is 0.162. The summed E-state index contributed by atoms with van der Waals surface area (Å²) >= 11 is 0. The fourth-order valence-corrected chi connectivity index (χ4v) is 2.29. The van der Waals surface area contributed by atoms with Crippen molar-refractivity contribution in [2.24, 2.45) is 0 Å². The molecule has 0 aliphatic rings. The second kappa shape index (κ2) is 7.73. The molecule has 0 radical (unpaired) electrons. The van der Waals surface area contributed by atoms with Crippen LogP contribution in [0.3, 0.4) is 0 Å². The number of benzene rings is 1. The molecular weight excluding hydrogens is 276 g/mol. The third kappa shape index (κ3) is 3.72. The van der Waals surface area contributed by atoms with Gasteiger partial charge in [-0.2, -0.15) is 0 Å². The van der Waals surface area contributed by atoms with Gasteiger partial charge >= 0.3 is 0 Å². The van der Waals surface area contributed by atoms with Crippen LogP contribution in [-0.2, 0) is 6.42 Å². The van der Waals surface area contributed by atoms with Gasteiger partial charge in [-0.1, -0.05) is 37.6 Å². The Balaban J connectivity index is 2.16. The van der Waals surface area contributed by atoms with Crippen molar-refractivity contribution >= 4 is 5.91 Å². The highest BCUT2D eigenvalue weighted by Crippen LogP contribution is 2.14. The Morgan fingerprint density at radius 1 is 1.18 bits per heavy atom. The van der Waals surface area contributed by atoms with Crippen LogP contribution >= 0.6 is 0 Å². The first kappa shape index (κ1) is 16.2. The maximum atomic E-state index is 12.0. The molecule has 1 aromatic heterocycles. The Hall–Kier alpha value is -2.17. The number of amides is 1. The summed E-state index contributed by atoms with van der Waals surface area (Å²) in [6.07, 6.45) is 4.39. The molecule has 1 amide bonds. The zero-order valence-electron chi connectivity index (χ0n) is 13.6. The molecule has 5 nitrogen and oxygen atoms in total. The maximum absolute atomic E-state index is 12.0. The van der Waals surface area contributed by atoms with E-state index in [1.807, 2.05) is 26.0 Å². The number of aromatic nitrogens is 3. The van der Waals surface area contributed by atoms with E-state index >= 15 is 0 Å². The molecule has 1 heterocycles. The van der Waals surface area contributed by atoms with Gasteiger partial charge in [0, 0.05) is 6.54 Å². The van der Waals surface area contributed by atoms with E-state index in [4.69, 9.17) is 0 Å². The van der Waals surface area contributed by atoms with E-state index in [9.17, 15) is 4.79 Å². The van der Waals surface area contributed by atoms with Gasteiger partial charge in [-0.05, 0) is 43.9 Å². The van der Waals surface area contributed by atoms with Gasteiger partial charge in [0.1, 0.15) is 0 Å². The minimum Gasteiger partial charge on any atom is -0.351 e. The molecule has 0 fully saturated rings. The lowest BCUT2D eigenvalue weighted by molar-refractivity contribution is 0.0948.